The number of hydrogen-bond donors (Lipinski definition) is 1. The molecule has 0 aromatic carbocycles. The first-order valence-corrected chi connectivity index (χ1v) is 6.06. The summed E-state index contributed by atoms with van der Waals surface area (Å²) < 4.78 is 5.57. The second kappa shape index (κ2) is 5.72. The highest BCUT2D eigenvalue weighted by atomic mass is 16.5. The van der Waals surface area contributed by atoms with Gasteiger partial charge in [-0.25, -0.2) is 0 Å². The van der Waals surface area contributed by atoms with Crippen LogP contribution in [0.15, 0.2) is 0 Å². The molecule has 1 aliphatic carbocycles. The number of unbranched alkanes of at least 4 members (excludes halogenated alkanes) is 3. The number of hydrogen-bond acceptors (Lipinski definition) is 2. The summed E-state index contributed by atoms with van der Waals surface area (Å²) in [7, 11) is 1.81. The maximum absolute atomic E-state index is 6.18. The molecular weight excluding hydrogens is 174 g/mol. The Morgan fingerprint density at radius 2 is 2.00 bits per heavy atom. The summed E-state index contributed by atoms with van der Waals surface area (Å²) in [6.45, 7) is 2.24. The minimum absolute atomic E-state index is 0.0478. The predicted octanol–water partition coefficient (Wildman–Crippen LogP) is 2.85. The van der Waals surface area contributed by atoms with Crippen LogP contribution in [-0.2, 0) is 4.74 Å². The van der Waals surface area contributed by atoms with E-state index in [2.05, 4.69) is 6.92 Å². The minimum Gasteiger partial charge on any atom is -0.377 e. The van der Waals surface area contributed by atoms with Crippen molar-refractivity contribution in [3.63, 3.8) is 0 Å². The molecule has 2 nitrogen and oxygen atoms in total. The van der Waals surface area contributed by atoms with Gasteiger partial charge in [0.1, 0.15) is 0 Å². The zero-order chi connectivity index (χ0) is 10.4. The molecule has 1 unspecified atom stereocenters. The molecule has 1 atom stereocenters. The lowest BCUT2D eigenvalue weighted by Crippen LogP contribution is -2.54. The number of methoxy groups -OCH3 is 1. The minimum atomic E-state index is 0.0478. The van der Waals surface area contributed by atoms with Gasteiger partial charge < -0.3 is 10.5 Å². The maximum atomic E-state index is 6.18. The van der Waals surface area contributed by atoms with E-state index >= 15 is 0 Å². The van der Waals surface area contributed by atoms with Crippen LogP contribution < -0.4 is 5.73 Å². The molecule has 84 valence electrons. The molecule has 1 saturated carbocycles. The molecule has 0 saturated heterocycles. The fourth-order valence-electron chi connectivity index (χ4n) is 2.31. The quantitative estimate of drug-likeness (QED) is 0.640. The largest absolute Gasteiger partial charge is 0.377 e. The predicted molar refractivity (Wildman–Crippen MR) is 60.3 cm³/mol. The van der Waals surface area contributed by atoms with Crippen LogP contribution >= 0.6 is 0 Å². The molecule has 2 N–H and O–H groups in total. The lowest BCUT2D eigenvalue weighted by atomic mass is 9.73. The van der Waals surface area contributed by atoms with Crippen LogP contribution in [0.3, 0.4) is 0 Å². The Hall–Kier alpha value is -0.0800. The summed E-state index contributed by atoms with van der Waals surface area (Å²) in [5, 5.41) is 0. The molecule has 0 aromatic heterocycles. The van der Waals surface area contributed by atoms with Crippen LogP contribution in [0.5, 0.6) is 0 Å². The van der Waals surface area contributed by atoms with Gasteiger partial charge in [-0.15, -0.1) is 0 Å². The Labute approximate surface area is 88.2 Å². The Bertz CT molecular complexity index is 149. The molecule has 14 heavy (non-hydrogen) atoms. The molecule has 0 spiro atoms. The van der Waals surface area contributed by atoms with Crippen molar-refractivity contribution in [2.75, 3.05) is 7.11 Å². The molecule has 0 heterocycles. The molecule has 0 amide bonds. The van der Waals surface area contributed by atoms with Gasteiger partial charge >= 0.3 is 0 Å². The standard InChI is InChI=1S/C12H25NO/c1-3-4-5-6-8-11(13)12(14-2)9-7-10-12/h11H,3-10,13H2,1-2H3. The van der Waals surface area contributed by atoms with Crippen molar-refractivity contribution in [2.45, 2.75) is 69.9 Å². The first-order chi connectivity index (χ1) is 6.75. The highest BCUT2D eigenvalue weighted by molar-refractivity contribution is 4.97. The maximum Gasteiger partial charge on any atom is 0.0828 e. The van der Waals surface area contributed by atoms with E-state index in [1.165, 1.54) is 44.9 Å². The van der Waals surface area contributed by atoms with E-state index in [-0.39, 0.29) is 11.6 Å². The van der Waals surface area contributed by atoms with E-state index < -0.39 is 0 Å². The second-order valence-corrected chi connectivity index (χ2v) is 4.58. The third-order valence-corrected chi connectivity index (χ3v) is 3.65. The molecule has 0 aromatic rings. The fraction of sp³-hybridized carbons (Fsp3) is 1.00. The normalized spacial score (nSPS) is 21.6. The lowest BCUT2D eigenvalue weighted by Gasteiger charge is -2.45. The summed E-state index contributed by atoms with van der Waals surface area (Å²) in [6, 6.07) is 0.262. The molecule has 0 radical (unpaired) electrons. The van der Waals surface area contributed by atoms with Crippen LogP contribution in [0.25, 0.3) is 0 Å². The van der Waals surface area contributed by atoms with Crippen molar-refractivity contribution in [1.82, 2.24) is 0 Å². The summed E-state index contributed by atoms with van der Waals surface area (Å²) in [4.78, 5) is 0. The Kier molecular flexibility index (Phi) is 4.90. The van der Waals surface area contributed by atoms with Gasteiger partial charge in [-0.3, -0.25) is 0 Å². The second-order valence-electron chi connectivity index (χ2n) is 4.58. The smallest absolute Gasteiger partial charge is 0.0828 e. The highest BCUT2D eigenvalue weighted by Crippen LogP contribution is 2.38. The van der Waals surface area contributed by atoms with Gasteiger partial charge in [-0.05, 0) is 25.7 Å². The highest BCUT2D eigenvalue weighted by Gasteiger charge is 2.42. The van der Waals surface area contributed by atoms with Crippen molar-refractivity contribution < 1.29 is 4.74 Å². The third kappa shape index (κ3) is 2.71. The lowest BCUT2D eigenvalue weighted by molar-refractivity contribution is -0.0917. The Balaban J connectivity index is 2.16. The number of ether oxygens (including phenoxy) is 1. The first kappa shape index (κ1) is 12.0. The van der Waals surface area contributed by atoms with Crippen LogP contribution in [0.2, 0.25) is 0 Å². The average Bonchev–Trinajstić information content (AvgIpc) is 2.12. The van der Waals surface area contributed by atoms with Crippen LogP contribution in [0.4, 0.5) is 0 Å². The van der Waals surface area contributed by atoms with Gasteiger partial charge in [0, 0.05) is 13.2 Å². The van der Waals surface area contributed by atoms with Gasteiger partial charge in [-0.2, -0.15) is 0 Å². The van der Waals surface area contributed by atoms with Gasteiger partial charge in [0.2, 0.25) is 0 Å². The van der Waals surface area contributed by atoms with Crippen molar-refractivity contribution >= 4 is 0 Å². The molecule has 0 aliphatic heterocycles. The van der Waals surface area contributed by atoms with Gasteiger partial charge in [0.25, 0.3) is 0 Å². The number of nitrogens with two attached hydrogens (primary N) is 1. The van der Waals surface area contributed by atoms with Crippen molar-refractivity contribution in [1.29, 1.82) is 0 Å². The molecule has 0 bridgehead atoms. The average molecular weight is 199 g/mol. The summed E-state index contributed by atoms with van der Waals surface area (Å²) in [5.41, 5.74) is 6.23. The molecular formula is C12H25NO. The van der Waals surface area contributed by atoms with Crippen molar-refractivity contribution in [3.8, 4) is 0 Å². The number of rotatable bonds is 7. The van der Waals surface area contributed by atoms with E-state index in [9.17, 15) is 0 Å². The van der Waals surface area contributed by atoms with E-state index in [4.69, 9.17) is 10.5 Å². The Morgan fingerprint density at radius 1 is 1.29 bits per heavy atom. The zero-order valence-corrected chi connectivity index (χ0v) is 9.72. The monoisotopic (exact) mass is 199 g/mol. The Morgan fingerprint density at radius 3 is 2.43 bits per heavy atom. The summed E-state index contributed by atoms with van der Waals surface area (Å²) >= 11 is 0. The molecule has 1 rings (SSSR count). The van der Waals surface area contributed by atoms with E-state index in [0.717, 1.165) is 6.42 Å². The van der Waals surface area contributed by atoms with E-state index in [1.807, 2.05) is 7.11 Å². The van der Waals surface area contributed by atoms with Crippen molar-refractivity contribution in [3.05, 3.63) is 0 Å². The zero-order valence-electron chi connectivity index (χ0n) is 9.72. The van der Waals surface area contributed by atoms with Crippen LogP contribution in [-0.4, -0.2) is 18.8 Å². The van der Waals surface area contributed by atoms with E-state index in [1.54, 1.807) is 0 Å². The molecule has 1 aliphatic rings. The van der Waals surface area contributed by atoms with Gasteiger partial charge in [-0.1, -0.05) is 32.6 Å². The fourth-order valence-corrected chi connectivity index (χ4v) is 2.31. The summed E-state index contributed by atoms with van der Waals surface area (Å²) in [6.07, 6.45) is 9.97. The third-order valence-electron chi connectivity index (χ3n) is 3.65. The summed E-state index contributed by atoms with van der Waals surface area (Å²) in [5.74, 6) is 0. The van der Waals surface area contributed by atoms with Gasteiger partial charge in [0.15, 0.2) is 0 Å². The van der Waals surface area contributed by atoms with Crippen LogP contribution in [0.1, 0.15) is 58.3 Å². The van der Waals surface area contributed by atoms with Gasteiger partial charge in [0.05, 0.1) is 5.60 Å². The van der Waals surface area contributed by atoms with Crippen molar-refractivity contribution in [2.24, 2.45) is 5.73 Å². The topological polar surface area (TPSA) is 35.2 Å². The van der Waals surface area contributed by atoms with E-state index in [0.29, 0.717) is 0 Å². The first-order valence-electron chi connectivity index (χ1n) is 6.06. The molecule has 1 fully saturated rings. The van der Waals surface area contributed by atoms with Crippen LogP contribution in [0, 0.1) is 0 Å². The molecule has 2 heteroatoms. The SMILES string of the molecule is CCCCCCC(N)C1(OC)CCC1.